The average molecular weight is 249 g/mol. The monoisotopic (exact) mass is 249 g/mol. The SMILES string of the molecule is c1csc(CC2CCCCC2CNC2CC2)c1. The van der Waals surface area contributed by atoms with Gasteiger partial charge in [-0.25, -0.2) is 0 Å². The molecule has 0 aromatic carbocycles. The van der Waals surface area contributed by atoms with Crippen LogP contribution in [0.15, 0.2) is 17.5 Å². The second kappa shape index (κ2) is 5.53. The standard InChI is InChI=1S/C15H23NS/c1-2-5-13(11-16-14-7-8-14)12(4-1)10-15-6-3-9-17-15/h3,6,9,12-14,16H,1-2,4-5,7-8,10-11H2. The lowest BCUT2D eigenvalue weighted by Crippen LogP contribution is -2.32. The van der Waals surface area contributed by atoms with Crippen molar-refractivity contribution in [2.24, 2.45) is 11.8 Å². The second-order valence-electron chi connectivity index (χ2n) is 5.77. The van der Waals surface area contributed by atoms with Crippen LogP contribution in [0.4, 0.5) is 0 Å². The normalized spacial score (nSPS) is 29.4. The van der Waals surface area contributed by atoms with Gasteiger partial charge in [0.05, 0.1) is 0 Å². The van der Waals surface area contributed by atoms with Gasteiger partial charge < -0.3 is 5.32 Å². The highest BCUT2D eigenvalue weighted by Crippen LogP contribution is 2.33. The van der Waals surface area contributed by atoms with E-state index in [-0.39, 0.29) is 0 Å². The lowest BCUT2D eigenvalue weighted by molar-refractivity contribution is 0.229. The Balaban J connectivity index is 1.54. The van der Waals surface area contributed by atoms with Gasteiger partial charge >= 0.3 is 0 Å². The summed E-state index contributed by atoms with van der Waals surface area (Å²) >= 11 is 1.93. The molecule has 0 spiro atoms. The summed E-state index contributed by atoms with van der Waals surface area (Å²) in [6.07, 6.45) is 9.98. The summed E-state index contributed by atoms with van der Waals surface area (Å²) in [6.45, 7) is 1.28. The predicted octanol–water partition coefficient (Wildman–Crippen LogP) is 3.85. The molecule has 0 radical (unpaired) electrons. The summed E-state index contributed by atoms with van der Waals surface area (Å²) in [5, 5.41) is 5.96. The maximum absolute atomic E-state index is 3.74. The number of hydrogen-bond acceptors (Lipinski definition) is 2. The minimum Gasteiger partial charge on any atom is -0.314 e. The molecule has 94 valence electrons. The minimum absolute atomic E-state index is 0.874. The van der Waals surface area contributed by atoms with Crippen LogP contribution in [0.25, 0.3) is 0 Å². The van der Waals surface area contributed by atoms with Crippen LogP contribution in [-0.2, 0) is 6.42 Å². The van der Waals surface area contributed by atoms with Crippen molar-refractivity contribution >= 4 is 11.3 Å². The van der Waals surface area contributed by atoms with Crippen LogP contribution in [-0.4, -0.2) is 12.6 Å². The molecule has 17 heavy (non-hydrogen) atoms. The molecule has 3 rings (SSSR count). The average Bonchev–Trinajstić information content (AvgIpc) is 3.05. The Bertz CT molecular complexity index is 329. The Morgan fingerprint density at radius 1 is 1.12 bits per heavy atom. The fourth-order valence-electron chi connectivity index (χ4n) is 3.11. The Kier molecular flexibility index (Phi) is 3.82. The van der Waals surface area contributed by atoms with E-state index in [0.29, 0.717) is 0 Å². The largest absolute Gasteiger partial charge is 0.314 e. The zero-order valence-electron chi connectivity index (χ0n) is 10.5. The van der Waals surface area contributed by atoms with Crippen LogP contribution < -0.4 is 5.32 Å². The van der Waals surface area contributed by atoms with E-state index in [0.717, 1.165) is 17.9 Å². The molecule has 0 saturated heterocycles. The zero-order chi connectivity index (χ0) is 11.5. The molecule has 2 aliphatic rings. The molecule has 1 N–H and O–H groups in total. The Morgan fingerprint density at radius 3 is 2.65 bits per heavy atom. The van der Waals surface area contributed by atoms with Crippen molar-refractivity contribution in [3.63, 3.8) is 0 Å². The Hall–Kier alpha value is -0.340. The highest BCUT2D eigenvalue weighted by atomic mass is 32.1. The molecule has 2 aliphatic carbocycles. The first-order valence-electron chi connectivity index (χ1n) is 7.17. The van der Waals surface area contributed by atoms with Gasteiger partial charge in [0.15, 0.2) is 0 Å². The van der Waals surface area contributed by atoms with Crippen molar-refractivity contribution in [2.45, 2.75) is 51.0 Å². The first-order valence-corrected chi connectivity index (χ1v) is 8.05. The topological polar surface area (TPSA) is 12.0 Å². The Labute approximate surface area is 109 Å². The maximum Gasteiger partial charge on any atom is 0.00683 e. The number of nitrogens with one attached hydrogen (secondary N) is 1. The van der Waals surface area contributed by atoms with Crippen molar-refractivity contribution in [1.29, 1.82) is 0 Å². The van der Waals surface area contributed by atoms with Crippen molar-refractivity contribution in [3.8, 4) is 0 Å². The molecule has 2 atom stereocenters. The number of rotatable bonds is 5. The second-order valence-corrected chi connectivity index (χ2v) is 6.80. The lowest BCUT2D eigenvalue weighted by Gasteiger charge is -2.31. The van der Waals surface area contributed by atoms with Crippen molar-refractivity contribution in [1.82, 2.24) is 5.32 Å². The first kappa shape index (κ1) is 11.7. The van der Waals surface area contributed by atoms with Crippen molar-refractivity contribution in [3.05, 3.63) is 22.4 Å². The van der Waals surface area contributed by atoms with Gasteiger partial charge in [0.2, 0.25) is 0 Å². The molecule has 1 nitrogen and oxygen atoms in total. The van der Waals surface area contributed by atoms with Crippen LogP contribution >= 0.6 is 11.3 Å². The van der Waals surface area contributed by atoms with E-state index in [4.69, 9.17) is 0 Å². The van der Waals surface area contributed by atoms with Gasteiger partial charge in [-0.2, -0.15) is 0 Å². The van der Waals surface area contributed by atoms with Gasteiger partial charge in [-0.05, 0) is 61.9 Å². The van der Waals surface area contributed by atoms with Gasteiger partial charge in [0, 0.05) is 10.9 Å². The van der Waals surface area contributed by atoms with Gasteiger partial charge in [0.1, 0.15) is 0 Å². The van der Waals surface area contributed by atoms with Gasteiger partial charge in [-0.1, -0.05) is 18.9 Å². The molecule has 2 heteroatoms. The molecular weight excluding hydrogens is 226 g/mol. The number of hydrogen-bond donors (Lipinski definition) is 1. The van der Waals surface area contributed by atoms with Crippen molar-refractivity contribution < 1.29 is 0 Å². The van der Waals surface area contributed by atoms with E-state index < -0.39 is 0 Å². The fraction of sp³-hybridized carbons (Fsp3) is 0.733. The van der Waals surface area contributed by atoms with E-state index >= 15 is 0 Å². The van der Waals surface area contributed by atoms with Crippen LogP contribution in [0.2, 0.25) is 0 Å². The van der Waals surface area contributed by atoms with E-state index in [2.05, 4.69) is 22.8 Å². The van der Waals surface area contributed by atoms with Gasteiger partial charge in [-0.15, -0.1) is 11.3 Å². The third-order valence-electron chi connectivity index (χ3n) is 4.36. The highest BCUT2D eigenvalue weighted by Gasteiger charge is 2.28. The first-order chi connectivity index (χ1) is 8.42. The molecule has 2 fully saturated rings. The van der Waals surface area contributed by atoms with Crippen LogP contribution in [0.3, 0.4) is 0 Å². The lowest BCUT2D eigenvalue weighted by atomic mass is 9.77. The van der Waals surface area contributed by atoms with E-state index in [9.17, 15) is 0 Å². The predicted molar refractivity (Wildman–Crippen MR) is 74.5 cm³/mol. The van der Waals surface area contributed by atoms with E-state index in [1.807, 2.05) is 11.3 Å². The van der Waals surface area contributed by atoms with Crippen LogP contribution in [0, 0.1) is 11.8 Å². The molecule has 1 heterocycles. The van der Waals surface area contributed by atoms with Gasteiger partial charge in [0.25, 0.3) is 0 Å². The molecular formula is C15H23NS. The van der Waals surface area contributed by atoms with Gasteiger partial charge in [-0.3, -0.25) is 0 Å². The minimum atomic E-state index is 0.874. The maximum atomic E-state index is 3.74. The molecule has 0 aliphatic heterocycles. The number of thiophene rings is 1. The summed E-state index contributed by atoms with van der Waals surface area (Å²) in [4.78, 5) is 1.59. The van der Waals surface area contributed by atoms with E-state index in [1.165, 1.54) is 51.5 Å². The van der Waals surface area contributed by atoms with E-state index in [1.54, 1.807) is 4.88 Å². The molecule has 2 unspecified atom stereocenters. The summed E-state index contributed by atoms with van der Waals surface area (Å²) in [5.41, 5.74) is 0. The highest BCUT2D eigenvalue weighted by molar-refractivity contribution is 7.09. The third kappa shape index (κ3) is 3.32. The molecule has 1 aromatic heterocycles. The summed E-state index contributed by atoms with van der Waals surface area (Å²) < 4.78 is 0. The molecule has 2 saturated carbocycles. The molecule has 0 bridgehead atoms. The molecule has 1 aromatic rings. The smallest absolute Gasteiger partial charge is 0.00683 e. The van der Waals surface area contributed by atoms with Crippen LogP contribution in [0.5, 0.6) is 0 Å². The zero-order valence-corrected chi connectivity index (χ0v) is 11.3. The summed E-state index contributed by atoms with van der Waals surface area (Å²) in [5.74, 6) is 1.88. The summed E-state index contributed by atoms with van der Waals surface area (Å²) in [6, 6.07) is 5.38. The summed E-state index contributed by atoms with van der Waals surface area (Å²) in [7, 11) is 0. The molecule has 0 amide bonds. The Morgan fingerprint density at radius 2 is 1.94 bits per heavy atom. The fourth-order valence-corrected chi connectivity index (χ4v) is 3.91. The van der Waals surface area contributed by atoms with Crippen LogP contribution in [0.1, 0.15) is 43.4 Å². The third-order valence-corrected chi connectivity index (χ3v) is 5.25. The van der Waals surface area contributed by atoms with Crippen molar-refractivity contribution in [2.75, 3.05) is 6.54 Å². The quantitative estimate of drug-likeness (QED) is 0.836.